The summed E-state index contributed by atoms with van der Waals surface area (Å²) in [5, 5.41) is 10.8. The number of nitrogens with one attached hydrogen (secondary N) is 1. The second-order valence-electron chi connectivity index (χ2n) is 3.22. The summed E-state index contributed by atoms with van der Waals surface area (Å²) in [4.78, 5) is 0. The lowest BCUT2D eigenvalue weighted by Crippen LogP contribution is -2.31. The fraction of sp³-hybridized carbons (Fsp3) is 0.300. The molecule has 1 unspecified atom stereocenters. The van der Waals surface area contributed by atoms with E-state index in [1.54, 1.807) is 6.07 Å². The molecule has 17 heavy (non-hydrogen) atoms. The second-order valence-corrected chi connectivity index (χ2v) is 4.08. The van der Waals surface area contributed by atoms with Crippen LogP contribution in [0.1, 0.15) is 11.6 Å². The van der Waals surface area contributed by atoms with Crippen molar-refractivity contribution in [1.29, 1.82) is 5.26 Å². The minimum atomic E-state index is -4.40. The Hall–Kier alpha value is -1.13. The average molecular weight is 311 g/mol. The molecule has 0 saturated carbocycles. The first-order valence-electron chi connectivity index (χ1n) is 4.48. The minimum Gasteiger partial charge on any atom is -0.290 e. The number of halogens is 5. The maximum Gasteiger partial charge on any atom is 0.401 e. The van der Waals surface area contributed by atoms with Gasteiger partial charge < -0.3 is 0 Å². The van der Waals surface area contributed by atoms with Crippen LogP contribution in [0.5, 0.6) is 0 Å². The third-order valence-corrected chi connectivity index (χ3v) is 2.60. The first-order chi connectivity index (χ1) is 7.83. The number of benzene rings is 1. The third-order valence-electron chi connectivity index (χ3n) is 1.91. The summed E-state index contributed by atoms with van der Waals surface area (Å²) in [5.74, 6) is -0.534. The molecule has 2 nitrogen and oxygen atoms in total. The van der Waals surface area contributed by atoms with Crippen LogP contribution in [0.15, 0.2) is 22.7 Å². The molecule has 1 aromatic rings. The Labute approximate surface area is 103 Å². The molecule has 0 heterocycles. The van der Waals surface area contributed by atoms with Gasteiger partial charge in [0.1, 0.15) is 11.9 Å². The van der Waals surface area contributed by atoms with Gasteiger partial charge in [-0.2, -0.15) is 18.4 Å². The Balaban J connectivity index is 2.84. The lowest BCUT2D eigenvalue weighted by atomic mass is 10.1. The quantitative estimate of drug-likeness (QED) is 0.870. The molecule has 0 aliphatic rings. The summed E-state index contributed by atoms with van der Waals surface area (Å²) >= 11 is 3.00. The van der Waals surface area contributed by atoms with Crippen molar-refractivity contribution in [3.05, 3.63) is 34.1 Å². The molecule has 0 radical (unpaired) electrons. The number of hydrogen-bond donors (Lipinski definition) is 1. The molecule has 0 aliphatic carbocycles. The molecule has 7 heteroatoms. The number of rotatable bonds is 3. The van der Waals surface area contributed by atoms with Crippen molar-refractivity contribution in [3.63, 3.8) is 0 Å². The van der Waals surface area contributed by atoms with E-state index in [2.05, 4.69) is 15.9 Å². The van der Waals surface area contributed by atoms with E-state index < -0.39 is 24.6 Å². The van der Waals surface area contributed by atoms with E-state index in [0.29, 0.717) is 0 Å². The highest BCUT2D eigenvalue weighted by Crippen LogP contribution is 2.25. The predicted molar refractivity (Wildman–Crippen MR) is 56.5 cm³/mol. The van der Waals surface area contributed by atoms with Gasteiger partial charge in [0, 0.05) is 4.47 Å². The molecule has 1 N–H and O–H groups in total. The van der Waals surface area contributed by atoms with Gasteiger partial charge in [0.2, 0.25) is 0 Å². The highest BCUT2D eigenvalue weighted by Gasteiger charge is 2.28. The van der Waals surface area contributed by atoms with Crippen LogP contribution in [0.4, 0.5) is 17.6 Å². The van der Waals surface area contributed by atoms with Crippen molar-refractivity contribution in [3.8, 4) is 6.07 Å². The molecule has 0 fully saturated rings. The fourth-order valence-electron chi connectivity index (χ4n) is 1.18. The normalized spacial score (nSPS) is 13.2. The standard InChI is InChI=1S/C10H7BrF4N2/c11-8-3-6(12)1-2-7(8)9(4-16)17-5-10(13,14)15/h1-3,9,17H,5H2. The first-order valence-corrected chi connectivity index (χ1v) is 5.27. The van der Waals surface area contributed by atoms with E-state index in [-0.39, 0.29) is 10.0 Å². The fourth-order valence-corrected chi connectivity index (χ4v) is 1.76. The molecular formula is C10H7BrF4N2. The summed E-state index contributed by atoms with van der Waals surface area (Å²) in [6.45, 7) is -1.28. The highest BCUT2D eigenvalue weighted by atomic mass is 79.9. The summed E-state index contributed by atoms with van der Waals surface area (Å²) < 4.78 is 49.0. The van der Waals surface area contributed by atoms with Crippen molar-refractivity contribution in [2.24, 2.45) is 0 Å². The van der Waals surface area contributed by atoms with E-state index >= 15 is 0 Å². The molecule has 1 aromatic carbocycles. The molecule has 0 spiro atoms. The van der Waals surface area contributed by atoms with E-state index in [1.165, 1.54) is 6.07 Å². The van der Waals surface area contributed by atoms with Crippen LogP contribution in [0.2, 0.25) is 0 Å². The van der Waals surface area contributed by atoms with Crippen molar-refractivity contribution >= 4 is 15.9 Å². The van der Waals surface area contributed by atoms with Crippen molar-refractivity contribution in [2.75, 3.05) is 6.54 Å². The SMILES string of the molecule is N#CC(NCC(F)(F)F)c1ccc(F)cc1Br. The molecule has 92 valence electrons. The summed E-state index contributed by atoms with van der Waals surface area (Å²) in [7, 11) is 0. The van der Waals surface area contributed by atoms with Crippen molar-refractivity contribution in [1.82, 2.24) is 5.32 Å². The molecule has 0 bridgehead atoms. The number of hydrogen-bond acceptors (Lipinski definition) is 2. The largest absolute Gasteiger partial charge is 0.401 e. The molecule has 0 saturated heterocycles. The molecule has 0 amide bonds. The molecule has 1 atom stereocenters. The van der Waals surface area contributed by atoms with Gasteiger partial charge >= 0.3 is 6.18 Å². The topological polar surface area (TPSA) is 35.8 Å². The Morgan fingerprint density at radius 3 is 2.53 bits per heavy atom. The molecule has 0 aromatic heterocycles. The van der Waals surface area contributed by atoms with Crippen LogP contribution in [0, 0.1) is 17.1 Å². The minimum absolute atomic E-state index is 0.249. The van der Waals surface area contributed by atoms with Crippen LogP contribution >= 0.6 is 15.9 Å². The van der Waals surface area contributed by atoms with Gasteiger partial charge in [0.25, 0.3) is 0 Å². The Kier molecular flexibility index (Phi) is 4.48. The monoisotopic (exact) mass is 310 g/mol. The van der Waals surface area contributed by atoms with Crippen LogP contribution in [-0.2, 0) is 0 Å². The first kappa shape index (κ1) is 13.9. The maximum absolute atomic E-state index is 12.8. The van der Waals surface area contributed by atoms with Gasteiger partial charge in [-0.05, 0) is 17.7 Å². The number of nitrogens with zero attached hydrogens (tertiary/aromatic N) is 1. The zero-order valence-corrected chi connectivity index (χ0v) is 9.94. The van der Waals surface area contributed by atoms with Crippen LogP contribution in [0.25, 0.3) is 0 Å². The highest BCUT2D eigenvalue weighted by molar-refractivity contribution is 9.10. The molecule has 1 rings (SSSR count). The van der Waals surface area contributed by atoms with Crippen LogP contribution in [0.3, 0.4) is 0 Å². The lowest BCUT2D eigenvalue weighted by Gasteiger charge is -2.15. The average Bonchev–Trinajstić information content (AvgIpc) is 2.19. The summed E-state index contributed by atoms with van der Waals surface area (Å²) in [6, 6.07) is 3.98. The Morgan fingerprint density at radius 1 is 1.41 bits per heavy atom. The Bertz CT molecular complexity index is 439. The van der Waals surface area contributed by atoms with Crippen LogP contribution in [-0.4, -0.2) is 12.7 Å². The van der Waals surface area contributed by atoms with Gasteiger partial charge in [-0.25, -0.2) is 4.39 Å². The van der Waals surface area contributed by atoms with Gasteiger partial charge in [0.15, 0.2) is 0 Å². The number of alkyl halides is 3. The maximum atomic E-state index is 12.8. The Morgan fingerprint density at radius 2 is 2.06 bits per heavy atom. The zero-order valence-electron chi connectivity index (χ0n) is 8.35. The second kappa shape index (κ2) is 5.47. The van der Waals surface area contributed by atoms with E-state index in [1.807, 2.05) is 5.32 Å². The third kappa shape index (κ3) is 4.32. The summed E-state index contributed by atoms with van der Waals surface area (Å²) in [5.41, 5.74) is 0.262. The zero-order chi connectivity index (χ0) is 13.1. The van der Waals surface area contributed by atoms with Crippen molar-refractivity contribution in [2.45, 2.75) is 12.2 Å². The van der Waals surface area contributed by atoms with E-state index in [9.17, 15) is 17.6 Å². The lowest BCUT2D eigenvalue weighted by molar-refractivity contribution is -0.125. The molecule has 0 aliphatic heterocycles. The predicted octanol–water partition coefficient (Wildman–Crippen LogP) is 3.30. The number of nitriles is 1. The van der Waals surface area contributed by atoms with Crippen molar-refractivity contribution < 1.29 is 17.6 Å². The van der Waals surface area contributed by atoms with Gasteiger partial charge in [-0.1, -0.05) is 22.0 Å². The van der Waals surface area contributed by atoms with Gasteiger partial charge in [0.05, 0.1) is 12.6 Å². The molecular weight excluding hydrogens is 304 g/mol. The smallest absolute Gasteiger partial charge is 0.290 e. The van der Waals surface area contributed by atoms with Crippen LogP contribution < -0.4 is 5.32 Å². The van der Waals surface area contributed by atoms with Gasteiger partial charge in [-0.15, -0.1) is 0 Å². The van der Waals surface area contributed by atoms with E-state index in [4.69, 9.17) is 5.26 Å². The van der Waals surface area contributed by atoms with Gasteiger partial charge in [-0.3, -0.25) is 5.32 Å². The van der Waals surface area contributed by atoms with E-state index in [0.717, 1.165) is 12.1 Å². The summed E-state index contributed by atoms with van der Waals surface area (Å²) in [6.07, 6.45) is -4.40.